The van der Waals surface area contributed by atoms with Crippen molar-refractivity contribution in [3.05, 3.63) is 29.3 Å². The molecule has 7 nitrogen and oxygen atoms in total. The third-order valence-corrected chi connectivity index (χ3v) is 4.25. The zero-order valence-corrected chi connectivity index (χ0v) is 12.6. The lowest BCUT2D eigenvalue weighted by atomic mass is 9.88. The smallest absolute Gasteiger partial charge is 0.245 e. The summed E-state index contributed by atoms with van der Waals surface area (Å²) in [6.07, 6.45) is 2.97. The Kier molecular flexibility index (Phi) is 3.36. The molecule has 0 bridgehead atoms. The molecule has 1 saturated heterocycles. The maximum Gasteiger partial charge on any atom is 0.245 e. The van der Waals surface area contributed by atoms with Crippen LogP contribution in [0.15, 0.2) is 12.3 Å². The third kappa shape index (κ3) is 2.49. The van der Waals surface area contributed by atoms with Gasteiger partial charge >= 0.3 is 0 Å². The number of aryl methyl sites for hydroxylation is 3. The highest BCUT2D eigenvalue weighted by Crippen LogP contribution is 2.33. The van der Waals surface area contributed by atoms with E-state index in [0.717, 1.165) is 17.1 Å². The summed E-state index contributed by atoms with van der Waals surface area (Å²) >= 11 is 0. The molecule has 0 spiro atoms. The predicted octanol–water partition coefficient (Wildman–Crippen LogP) is 0.710. The summed E-state index contributed by atoms with van der Waals surface area (Å²) in [7, 11) is 1.86. The van der Waals surface area contributed by atoms with Crippen LogP contribution >= 0.6 is 0 Å². The number of aromatic nitrogens is 5. The normalized spacial score (nSPS) is 18.0. The fraction of sp³-hybridized carbons (Fsp3) is 0.571. The maximum atomic E-state index is 10.8. The van der Waals surface area contributed by atoms with E-state index < -0.39 is 5.60 Å². The number of rotatable bonds is 2. The topological polar surface area (TPSA) is 80.0 Å². The fourth-order valence-electron chi connectivity index (χ4n) is 2.74. The Hall–Kier alpha value is -2.02. The molecule has 0 unspecified atom stereocenters. The van der Waals surface area contributed by atoms with Crippen LogP contribution in [0.3, 0.4) is 0 Å². The van der Waals surface area contributed by atoms with Crippen LogP contribution in [-0.4, -0.2) is 43.2 Å². The predicted molar refractivity (Wildman–Crippen MR) is 77.9 cm³/mol. The molecule has 3 heterocycles. The Bertz CT molecular complexity index is 645. The summed E-state index contributed by atoms with van der Waals surface area (Å²) in [4.78, 5) is 6.55. The second-order valence-electron chi connectivity index (χ2n) is 5.64. The lowest BCUT2D eigenvalue weighted by molar-refractivity contribution is 0.00388. The van der Waals surface area contributed by atoms with E-state index in [0.29, 0.717) is 31.9 Å². The van der Waals surface area contributed by atoms with Gasteiger partial charge in [-0.1, -0.05) is 0 Å². The molecule has 2 aromatic rings. The molecule has 1 aliphatic rings. The Morgan fingerprint density at radius 2 is 1.86 bits per heavy atom. The van der Waals surface area contributed by atoms with Gasteiger partial charge in [-0.2, -0.15) is 10.2 Å². The molecule has 1 fully saturated rings. The minimum atomic E-state index is -0.824. The van der Waals surface area contributed by atoms with Crippen molar-refractivity contribution < 1.29 is 5.11 Å². The summed E-state index contributed by atoms with van der Waals surface area (Å²) < 4.78 is 1.74. The second kappa shape index (κ2) is 5.07. The molecule has 0 radical (unpaired) electrons. The molecule has 21 heavy (non-hydrogen) atoms. The van der Waals surface area contributed by atoms with Crippen molar-refractivity contribution in [1.29, 1.82) is 0 Å². The van der Waals surface area contributed by atoms with Gasteiger partial charge in [-0.3, -0.25) is 4.68 Å². The Morgan fingerprint density at radius 3 is 2.43 bits per heavy atom. The van der Waals surface area contributed by atoms with Gasteiger partial charge in [0.2, 0.25) is 5.95 Å². The van der Waals surface area contributed by atoms with Crippen LogP contribution in [0.5, 0.6) is 0 Å². The van der Waals surface area contributed by atoms with E-state index in [1.807, 2.05) is 27.0 Å². The number of piperidine rings is 1. The number of anilines is 1. The van der Waals surface area contributed by atoms with Crippen LogP contribution in [0.25, 0.3) is 0 Å². The molecule has 0 aliphatic carbocycles. The molecular formula is C14H20N6O. The van der Waals surface area contributed by atoms with Crippen molar-refractivity contribution in [2.45, 2.75) is 32.3 Å². The van der Waals surface area contributed by atoms with E-state index in [9.17, 15) is 5.11 Å². The lowest BCUT2D eigenvalue weighted by Crippen LogP contribution is -2.44. The van der Waals surface area contributed by atoms with Crippen LogP contribution in [-0.2, 0) is 12.6 Å². The molecule has 7 heteroatoms. The van der Waals surface area contributed by atoms with Crippen molar-refractivity contribution in [3.8, 4) is 0 Å². The maximum absolute atomic E-state index is 10.8. The standard InChI is InChI=1S/C14H20N6O/c1-10-11(2)17-18-13(16-10)20-8-5-14(21,6-9-20)12-4-7-15-19(12)3/h4,7,21H,5-6,8-9H2,1-3H3. The van der Waals surface area contributed by atoms with Crippen molar-refractivity contribution in [2.75, 3.05) is 18.0 Å². The van der Waals surface area contributed by atoms with Gasteiger partial charge in [0.15, 0.2) is 0 Å². The zero-order chi connectivity index (χ0) is 15.0. The van der Waals surface area contributed by atoms with Gasteiger partial charge in [0.25, 0.3) is 0 Å². The Labute approximate surface area is 123 Å². The van der Waals surface area contributed by atoms with E-state index in [1.165, 1.54) is 0 Å². The van der Waals surface area contributed by atoms with Crippen molar-refractivity contribution in [3.63, 3.8) is 0 Å². The molecule has 0 aromatic carbocycles. The highest BCUT2D eigenvalue weighted by Gasteiger charge is 2.36. The van der Waals surface area contributed by atoms with Gasteiger partial charge in [-0.05, 0) is 32.8 Å². The van der Waals surface area contributed by atoms with Crippen LogP contribution in [0.4, 0.5) is 5.95 Å². The monoisotopic (exact) mass is 288 g/mol. The summed E-state index contributed by atoms with van der Waals surface area (Å²) in [5.41, 5.74) is 1.78. The first-order valence-electron chi connectivity index (χ1n) is 7.13. The zero-order valence-electron chi connectivity index (χ0n) is 12.6. The van der Waals surface area contributed by atoms with Crippen LogP contribution < -0.4 is 4.90 Å². The van der Waals surface area contributed by atoms with Crippen LogP contribution in [0.1, 0.15) is 29.9 Å². The summed E-state index contributed by atoms with van der Waals surface area (Å²) in [6, 6.07) is 1.88. The minimum Gasteiger partial charge on any atom is -0.383 e. The van der Waals surface area contributed by atoms with Gasteiger partial charge in [0.1, 0.15) is 5.60 Å². The quantitative estimate of drug-likeness (QED) is 0.876. The van der Waals surface area contributed by atoms with Crippen LogP contribution in [0, 0.1) is 13.8 Å². The molecule has 1 aliphatic heterocycles. The van der Waals surface area contributed by atoms with Gasteiger partial charge in [0.05, 0.1) is 17.1 Å². The van der Waals surface area contributed by atoms with E-state index in [1.54, 1.807) is 10.9 Å². The van der Waals surface area contributed by atoms with Crippen molar-refractivity contribution >= 4 is 5.95 Å². The highest BCUT2D eigenvalue weighted by atomic mass is 16.3. The summed E-state index contributed by atoms with van der Waals surface area (Å²) in [6.45, 7) is 5.23. The van der Waals surface area contributed by atoms with Gasteiger partial charge < -0.3 is 10.0 Å². The van der Waals surface area contributed by atoms with E-state index in [2.05, 4.69) is 25.2 Å². The lowest BCUT2D eigenvalue weighted by Gasteiger charge is -2.38. The van der Waals surface area contributed by atoms with E-state index >= 15 is 0 Å². The van der Waals surface area contributed by atoms with Gasteiger partial charge in [-0.25, -0.2) is 4.98 Å². The summed E-state index contributed by atoms with van der Waals surface area (Å²) in [5, 5.41) is 23.3. The van der Waals surface area contributed by atoms with Gasteiger partial charge in [-0.15, -0.1) is 5.10 Å². The molecule has 0 atom stereocenters. The highest BCUT2D eigenvalue weighted by molar-refractivity contribution is 5.32. The summed E-state index contributed by atoms with van der Waals surface area (Å²) in [5.74, 6) is 0.644. The average molecular weight is 288 g/mol. The molecule has 112 valence electrons. The molecular weight excluding hydrogens is 268 g/mol. The van der Waals surface area contributed by atoms with Crippen molar-refractivity contribution in [2.24, 2.45) is 7.05 Å². The molecule has 1 N–H and O–H groups in total. The first-order chi connectivity index (χ1) is 9.99. The first kappa shape index (κ1) is 13.9. The van der Waals surface area contributed by atoms with Gasteiger partial charge in [0, 0.05) is 26.3 Å². The SMILES string of the molecule is Cc1nnc(N2CCC(O)(c3ccnn3C)CC2)nc1C. The minimum absolute atomic E-state index is 0.628. The number of hydrogen-bond donors (Lipinski definition) is 1. The molecule has 0 saturated carbocycles. The molecule has 0 amide bonds. The first-order valence-corrected chi connectivity index (χ1v) is 7.13. The number of nitrogens with zero attached hydrogens (tertiary/aromatic N) is 6. The van der Waals surface area contributed by atoms with E-state index in [-0.39, 0.29) is 0 Å². The third-order valence-electron chi connectivity index (χ3n) is 4.25. The number of hydrogen-bond acceptors (Lipinski definition) is 6. The largest absolute Gasteiger partial charge is 0.383 e. The second-order valence-corrected chi connectivity index (χ2v) is 5.64. The Balaban J connectivity index is 1.75. The Morgan fingerprint density at radius 1 is 1.14 bits per heavy atom. The molecule has 3 rings (SSSR count). The molecule has 2 aromatic heterocycles. The average Bonchev–Trinajstić information content (AvgIpc) is 2.90. The number of aliphatic hydroxyl groups is 1. The van der Waals surface area contributed by atoms with Crippen molar-refractivity contribution in [1.82, 2.24) is 25.0 Å². The van der Waals surface area contributed by atoms with E-state index in [4.69, 9.17) is 0 Å². The van der Waals surface area contributed by atoms with Crippen LogP contribution in [0.2, 0.25) is 0 Å². The fourth-order valence-corrected chi connectivity index (χ4v) is 2.74.